The van der Waals surface area contributed by atoms with Crippen molar-refractivity contribution in [3.05, 3.63) is 80.1 Å². The van der Waals surface area contributed by atoms with Gasteiger partial charge in [-0.3, -0.25) is 9.59 Å². The zero-order valence-electron chi connectivity index (χ0n) is 18.8. The summed E-state index contributed by atoms with van der Waals surface area (Å²) in [6.07, 6.45) is 7.70. The number of amides is 2. The SMILES string of the molecule is CC(C)(C)c1ccc(/C=C/c2ccc(/C=C3\SC(=S)NC3=O)cc2/C=C2\SC(=S)NC2=O)cc1. The molecule has 2 saturated heterocycles. The third kappa shape index (κ3) is 5.93. The fourth-order valence-electron chi connectivity index (χ4n) is 3.37. The standard InChI is InChI=1S/C26H22N2O2S4/c1-26(2,3)19-10-6-15(7-11-19)4-8-17-9-5-16(13-20-22(29)27-24(31)33-20)12-18(17)14-21-23(30)28-25(32)34-21/h4-14H,1-3H3,(H,27,29,31)(H,28,30,32)/b8-4+,20-13-,21-14-. The highest BCUT2D eigenvalue weighted by Gasteiger charge is 2.23. The summed E-state index contributed by atoms with van der Waals surface area (Å²) in [7, 11) is 0. The van der Waals surface area contributed by atoms with Crippen LogP contribution in [0.5, 0.6) is 0 Å². The van der Waals surface area contributed by atoms with Crippen molar-refractivity contribution in [2.45, 2.75) is 26.2 Å². The Kier molecular flexibility index (Phi) is 7.23. The quantitative estimate of drug-likeness (QED) is 0.286. The van der Waals surface area contributed by atoms with Crippen molar-refractivity contribution < 1.29 is 9.59 Å². The van der Waals surface area contributed by atoms with Crippen LogP contribution in [0.1, 0.15) is 48.6 Å². The van der Waals surface area contributed by atoms with Crippen molar-refractivity contribution in [3.63, 3.8) is 0 Å². The Morgan fingerprint density at radius 3 is 1.82 bits per heavy atom. The third-order valence-corrected chi connectivity index (χ3v) is 7.54. The second-order valence-electron chi connectivity index (χ2n) is 8.80. The van der Waals surface area contributed by atoms with Gasteiger partial charge in [-0.15, -0.1) is 0 Å². The Hall–Kier alpha value is -2.52. The number of thioether (sulfide) groups is 2. The summed E-state index contributed by atoms with van der Waals surface area (Å²) in [6, 6.07) is 14.4. The van der Waals surface area contributed by atoms with Crippen LogP contribution in [-0.4, -0.2) is 20.5 Å². The first-order valence-electron chi connectivity index (χ1n) is 10.5. The van der Waals surface area contributed by atoms with E-state index in [2.05, 4.69) is 55.7 Å². The highest BCUT2D eigenvalue weighted by Crippen LogP contribution is 2.30. The maximum atomic E-state index is 12.2. The Labute approximate surface area is 218 Å². The van der Waals surface area contributed by atoms with Crippen molar-refractivity contribution in [3.8, 4) is 0 Å². The maximum absolute atomic E-state index is 12.2. The summed E-state index contributed by atoms with van der Waals surface area (Å²) in [5.41, 5.74) is 5.10. The molecule has 2 aliphatic heterocycles. The molecular weight excluding hydrogens is 501 g/mol. The number of hydrogen-bond donors (Lipinski definition) is 2. The molecule has 2 aromatic carbocycles. The van der Waals surface area contributed by atoms with Gasteiger partial charge in [-0.2, -0.15) is 0 Å². The molecule has 0 aromatic heterocycles. The van der Waals surface area contributed by atoms with Gasteiger partial charge in [0.2, 0.25) is 0 Å². The van der Waals surface area contributed by atoms with Crippen LogP contribution in [0.3, 0.4) is 0 Å². The van der Waals surface area contributed by atoms with Gasteiger partial charge in [-0.05, 0) is 51.5 Å². The zero-order valence-corrected chi connectivity index (χ0v) is 22.1. The van der Waals surface area contributed by atoms with E-state index in [-0.39, 0.29) is 17.2 Å². The van der Waals surface area contributed by atoms with Gasteiger partial charge in [0.05, 0.1) is 9.81 Å². The maximum Gasteiger partial charge on any atom is 0.263 e. The van der Waals surface area contributed by atoms with Crippen molar-refractivity contribution in [1.29, 1.82) is 0 Å². The van der Waals surface area contributed by atoms with Crippen LogP contribution < -0.4 is 10.6 Å². The topological polar surface area (TPSA) is 58.2 Å². The van der Waals surface area contributed by atoms with Crippen molar-refractivity contribution in [1.82, 2.24) is 10.6 Å². The molecule has 8 heteroatoms. The van der Waals surface area contributed by atoms with Gasteiger partial charge < -0.3 is 10.6 Å². The second kappa shape index (κ2) is 10.00. The molecule has 0 atom stereocenters. The summed E-state index contributed by atoms with van der Waals surface area (Å²) in [6.45, 7) is 6.58. The van der Waals surface area contributed by atoms with E-state index in [0.29, 0.717) is 18.5 Å². The van der Waals surface area contributed by atoms with Gasteiger partial charge in [0.25, 0.3) is 11.8 Å². The van der Waals surface area contributed by atoms with E-state index in [0.717, 1.165) is 22.3 Å². The monoisotopic (exact) mass is 522 g/mol. The number of carbonyl (C=O) groups is 2. The average molecular weight is 523 g/mol. The molecule has 4 nitrogen and oxygen atoms in total. The summed E-state index contributed by atoms with van der Waals surface area (Å²) in [5, 5.41) is 5.28. The molecule has 0 saturated carbocycles. The molecule has 4 rings (SSSR count). The molecule has 2 heterocycles. The van der Waals surface area contributed by atoms with E-state index in [1.54, 1.807) is 6.08 Å². The largest absolute Gasteiger partial charge is 0.307 e. The summed E-state index contributed by atoms with van der Waals surface area (Å²) in [5.74, 6) is -0.406. The van der Waals surface area contributed by atoms with E-state index < -0.39 is 0 Å². The van der Waals surface area contributed by atoms with Gasteiger partial charge >= 0.3 is 0 Å². The highest BCUT2D eigenvalue weighted by molar-refractivity contribution is 8.27. The average Bonchev–Trinajstić information content (AvgIpc) is 3.25. The van der Waals surface area contributed by atoms with Gasteiger partial charge in [0.1, 0.15) is 8.64 Å². The van der Waals surface area contributed by atoms with Crippen molar-refractivity contribution in [2.24, 2.45) is 0 Å². The number of nitrogens with one attached hydrogen (secondary N) is 2. The molecule has 0 aliphatic carbocycles. The Balaban J connectivity index is 1.69. The fourth-order valence-corrected chi connectivity index (χ4v) is 5.45. The number of carbonyl (C=O) groups excluding carboxylic acids is 2. The third-order valence-electron chi connectivity index (χ3n) is 5.21. The minimum atomic E-state index is -0.206. The zero-order chi connectivity index (χ0) is 24.5. The van der Waals surface area contributed by atoms with E-state index in [1.165, 1.54) is 29.1 Å². The minimum absolute atomic E-state index is 0.101. The van der Waals surface area contributed by atoms with E-state index in [4.69, 9.17) is 24.4 Å². The normalized spacial score (nSPS) is 18.9. The smallest absolute Gasteiger partial charge is 0.263 e. The molecule has 34 heavy (non-hydrogen) atoms. The Morgan fingerprint density at radius 1 is 0.735 bits per heavy atom. The first-order valence-corrected chi connectivity index (χ1v) is 13.0. The lowest BCUT2D eigenvalue weighted by Crippen LogP contribution is -2.17. The predicted molar refractivity (Wildman–Crippen MR) is 153 cm³/mol. The van der Waals surface area contributed by atoms with Gasteiger partial charge in [0, 0.05) is 0 Å². The molecular formula is C26H22N2O2S4. The van der Waals surface area contributed by atoms with Crippen LogP contribution >= 0.6 is 48.0 Å². The summed E-state index contributed by atoms with van der Waals surface area (Å²) in [4.78, 5) is 25.4. The number of benzene rings is 2. The van der Waals surface area contributed by atoms with Gasteiger partial charge in [0.15, 0.2) is 0 Å². The van der Waals surface area contributed by atoms with Crippen LogP contribution in [0.2, 0.25) is 0 Å². The van der Waals surface area contributed by atoms with E-state index >= 15 is 0 Å². The first-order chi connectivity index (χ1) is 16.1. The van der Waals surface area contributed by atoms with Crippen LogP contribution in [0, 0.1) is 0 Å². The summed E-state index contributed by atoms with van der Waals surface area (Å²) < 4.78 is 0.890. The molecule has 0 radical (unpaired) electrons. The highest BCUT2D eigenvalue weighted by atomic mass is 32.2. The predicted octanol–water partition coefficient (Wildman–Crippen LogP) is 6.13. The molecule has 2 fully saturated rings. The van der Waals surface area contributed by atoms with Crippen LogP contribution in [-0.2, 0) is 15.0 Å². The van der Waals surface area contributed by atoms with Crippen LogP contribution in [0.25, 0.3) is 24.3 Å². The number of hydrogen-bond acceptors (Lipinski definition) is 6. The van der Waals surface area contributed by atoms with E-state index in [9.17, 15) is 9.59 Å². The van der Waals surface area contributed by atoms with E-state index in [1.807, 2.05) is 36.4 Å². The molecule has 2 N–H and O–H groups in total. The lowest BCUT2D eigenvalue weighted by molar-refractivity contribution is -0.116. The number of rotatable bonds is 4. The van der Waals surface area contributed by atoms with Crippen LogP contribution in [0.4, 0.5) is 0 Å². The first kappa shape index (κ1) is 24.6. The molecule has 2 aliphatic rings. The lowest BCUT2D eigenvalue weighted by atomic mass is 9.86. The van der Waals surface area contributed by atoms with Gasteiger partial charge in [-0.25, -0.2) is 0 Å². The molecule has 0 spiro atoms. The van der Waals surface area contributed by atoms with Crippen molar-refractivity contribution >= 4 is 92.7 Å². The number of thiocarbonyl (C=S) groups is 2. The summed E-state index contributed by atoms with van der Waals surface area (Å²) >= 11 is 12.7. The molecule has 0 bridgehead atoms. The van der Waals surface area contributed by atoms with Crippen LogP contribution in [0.15, 0.2) is 52.3 Å². The molecule has 2 amide bonds. The Bertz CT molecular complexity index is 1300. The second-order valence-corrected chi connectivity index (χ2v) is 12.2. The molecule has 172 valence electrons. The fraction of sp³-hybridized carbons (Fsp3) is 0.154. The Morgan fingerprint density at radius 2 is 1.29 bits per heavy atom. The minimum Gasteiger partial charge on any atom is -0.307 e. The van der Waals surface area contributed by atoms with Gasteiger partial charge in [-0.1, -0.05) is 117 Å². The molecule has 0 unspecified atom stereocenters. The molecule has 2 aromatic rings. The van der Waals surface area contributed by atoms with Crippen molar-refractivity contribution in [2.75, 3.05) is 0 Å². The lowest BCUT2D eigenvalue weighted by Gasteiger charge is -2.18.